The monoisotopic (exact) mass is 444 g/mol. The lowest BCUT2D eigenvalue weighted by molar-refractivity contribution is 0.188. The highest BCUT2D eigenvalue weighted by molar-refractivity contribution is 9.10. The predicted molar refractivity (Wildman–Crippen MR) is 116 cm³/mol. The lowest BCUT2D eigenvalue weighted by atomic mass is 10.1. The van der Waals surface area contributed by atoms with E-state index >= 15 is 0 Å². The number of aromatic nitrogens is 3. The summed E-state index contributed by atoms with van der Waals surface area (Å²) >= 11 is 3.45. The van der Waals surface area contributed by atoms with Gasteiger partial charge in [0, 0.05) is 50.0 Å². The molecule has 1 saturated heterocycles. The number of piperazine rings is 1. The minimum atomic E-state index is 0.427. The first kappa shape index (κ1) is 19.0. The van der Waals surface area contributed by atoms with Crippen molar-refractivity contribution in [3.63, 3.8) is 0 Å². The summed E-state index contributed by atoms with van der Waals surface area (Å²) in [4.78, 5) is 13.7. The van der Waals surface area contributed by atoms with Crippen LogP contribution in [0.15, 0.2) is 41.4 Å². The number of halogens is 1. The van der Waals surface area contributed by atoms with E-state index in [1.807, 2.05) is 36.7 Å². The van der Waals surface area contributed by atoms with Gasteiger partial charge in [0.1, 0.15) is 17.0 Å². The number of hydrogen-bond donors (Lipinski definition) is 1. The van der Waals surface area contributed by atoms with Gasteiger partial charge in [-0.1, -0.05) is 13.8 Å². The highest BCUT2D eigenvalue weighted by Crippen LogP contribution is 2.37. The first-order valence-electron chi connectivity index (χ1n) is 9.66. The fourth-order valence-corrected chi connectivity index (χ4v) is 4.12. The average Bonchev–Trinajstić information content (AvgIpc) is 3.17. The summed E-state index contributed by atoms with van der Waals surface area (Å²) in [6.07, 6.45) is 5.55. The van der Waals surface area contributed by atoms with E-state index in [0.29, 0.717) is 11.9 Å². The molecule has 2 aliphatic rings. The topological polar surface area (TPSA) is 57.9 Å². The van der Waals surface area contributed by atoms with Gasteiger partial charge in [0.25, 0.3) is 0 Å². The van der Waals surface area contributed by atoms with Crippen molar-refractivity contribution in [1.29, 1.82) is 0 Å². The summed E-state index contributed by atoms with van der Waals surface area (Å²) in [5, 5.41) is 3.37. The fraction of sp³-hybridized carbons (Fsp3) is 0.400. The summed E-state index contributed by atoms with van der Waals surface area (Å²) in [6.45, 7) is 7.88. The summed E-state index contributed by atoms with van der Waals surface area (Å²) < 4.78 is 8.74. The standard InChI is InChI=1S/C18H19BrN6O.C2H6/c1-23-6-7-25-13(9-23)11-26-15-8-12(2-3-14(15)25)21-17-18-20-4-5-24(18)10-16(19)22-17;1-2/h2-5,8,10,13H,6-7,9,11H2,1H3,(H,21,22);1-2H3. The summed E-state index contributed by atoms with van der Waals surface area (Å²) in [5.41, 5.74) is 2.89. The van der Waals surface area contributed by atoms with Crippen LogP contribution in [0.3, 0.4) is 0 Å². The van der Waals surface area contributed by atoms with Crippen molar-refractivity contribution in [3.05, 3.63) is 41.4 Å². The van der Waals surface area contributed by atoms with Crippen molar-refractivity contribution < 1.29 is 4.74 Å². The Morgan fingerprint density at radius 1 is 1.25 bits per heavy atom. The molecule has 8 heteroatoms. The molecule has 28 heavy (non-hydrogen) atoms. The zero-order chi connectivity index (χ0) is 19.7. The van der Waals surface area contributed by atoms with E-state index in [1.54, 1.807) is 6.20 Å². The van der Waals surface area contributed by atoms with Gasteiger partial charge in [-0.15, -0.1) is 0 Å². The van der Waals surface area contributed by atoms with Crippen molar-refractivity contribution in [3.8, 4) is 5.75 Å². The van der Waals surface area contributed by atoms with E-state index in [9.17, 15) is 0 Å². The van der Waals surface area contributed by atoms with Gasteiger partial charge >= 0.3 is 0 Å². The number of nitrogens with one attached hydrogen (secondary N) is 1. The Labute approximate surface area is 173 Å². The molecular weight excluding hydrogens is 420 g/mol. The van der Waals surface area contributed by atoms with Crippen LogP contribution in [0.1, 0.15) is 13.8 Å². The number of anilines is 3. The second-order valence-electron chi connectivity index (χ2n) is 6.80. The average molecular weight is 445 g/mol. The normalized spacial score (nSPS) is 18.6. The molecule has 2 aliphatic heterocycles. The van der Waals surface area contributed by atoms with E-state index in [2.05, 4.69) is 60.2 Å². The second-order valence-corrected chi connectivity index (χ2v) is 7.61. The third-order valence-corrected chi connectivity index (χ3v) is 5.38. The number of imidazole rings is 1. The molecule has 0 bridgehead atoms. The maximum Gasteiger partial charge on any atom is 0.180 e. The summed E-state index contributed by atoms with van der Waals surface area (Å²) in [7, 11) is 2.17. The third-order valence-electron chi connectivity index (χ3n) is 4.99. The van der Waals surface area contributed by atoms with Crippen molar-refractivity contribution in [1.82, 2.24) is 19.3 Å². The molecule has 0 radical (unpaired) electrons. The molecule has 7 nitrogen and oxygen atoms in total. The minimum Gasteiger partial charge on any atom is -0.489 e. The SMILES string of the molecule is CC.CN1CCN2c3ccc(Nc4nc(Br)cn5ccnc45)cc3OCC2C1. The number of ether oxygens (including phenoxy) is 1. The summed E-state index contributed by atoms with van der Waals surface area (Å²) in [6, 6.07) is 6.68. The molecule has 2 aromatic heterocycles. The maximum atomic E-state index is 6.06. The number of fused-ring (bicyclic) bond motifs is 4. The van der Waals surface area contributed by atoms with Gasteiger partial charge in [0.15, 0.2) is 11.5 Å². The quantitative estimate of drug-likeness (QED) is 0.648. The van der Waals surface area contributed by atoms with Crippen LogP contribution >= 0.6 is 15.9 Å². The maximum absolute atomic E-state index is 6.06. The highest BCUT2D eigenvalue weighted by atomic mass is 79.9. The van der Waals surface area contributed by atoms with Crippen LogP contribution in [0, 0.1) is 0 Å². The van der Waals surface area contributed by atoms with E-state index in [1.165, 1.54) is 5.69 Å². The summed E-state index contributed by atoms with van der Waals surface area (Å²) in [5.74, 6) is 1.63. The molecule has 0 aliphatic carbocycles. The molecule has 1 N–H and O–H groups in total. The van der Waals surface area contributed by atoms with Crippen LogP contribution in [-0.2, 0) is 0 Å². The molecule has 1 atom stereocenters. The smallest absolute Gasteiger partial charge is 0.180 e. The molecule has 1 unspecified atom stereocenters. The van der Waals surface area contributed by atoms with E-state index in [-0.39, 0.29) is 0 Å². The molecule has 3 aromatic rings. The Morgan fingerprint density at radius 3 is 2.96 bits per heavy atom. The van der Waals surface area contributed by atoms with Crippen LogP contribution in [-0.4, -0.2) is 58.6 Å². The zero-order valence-corrected chi connectivity index (χ0v) is 18.0. The van der Waals surface area contributed by atoms with Crippen LogP contribution < -0.4 is 15.0 Å². The van der Waals surface area contributed by atoms with Crippen molar-refractivity contribution >= 4 is 38.8 Å². The van der Waals surface area contributed by atoms with Crippen LogP contribution in [0.5, 0.6) is 5.75 Å². The Bertz CT molecular complexity index is 974. The minimum absolute atomic E-state index is 0.427. The molecule has 1 fully saturated rings. The van der Waals surface area contributed by atoms with Crippen molar-refractivity contribution in [2.45, 2.75) is 19.9 Å². The van der Waals surface area contributed by atoms with Crippen molar-refractivity contribution in [2.75, 3.05) is 43.5 Å². The van der Waals surface area contributed by atoms with Gasteiger partial charge in [-0.25, -0.2) is 9.97 Å². The first-order chi connectivity index (χ1) is 13.7. The Hall–Kier alpha value is -2.32. The van der Waals surface area contributed by atoms with Gasteiger partial charge in [0.05, 0.1) is 11.7 Å². The molecule has 0 saturated carbocycles. The van der Waals surface area contributed by atoms with Gasteiger partial charge in [-0.05, 0) is 35.1 Å². The van der Waals surface area contributed by atoms with Gasteiger partial charge in [-0.3, -0.25) is 0 Å². The number of nitrogens with zero attached hydrogens (tertiary/aromatic N) is 5. The predicted octanol–water partition coefficient (Wildman–Crippen LogP) is 3.77. The number of rotatable bonds is 2. The number of likely N-dealkylation sites (N-methyl/N-ethyl adjacent to an activating group) is 1. The largest absolute Gasteiger partial charge is 0.489 e. The van der Waals surface area contributed by atoms with E-state index < -0.39 is 0 Å². The molecular formula is C20H25BrN6O. The molecule has 148 valence electrons. The van der Waals surface area contributed by atoms with E-state index in [0.717, 1.165) is 47.9 Å². The Morgan fingerprint density at radius 2 is 2.11 bits per heavy atom. The zero-order valence-electron chi connectivity index (χ0n) is 16.4. The van der Waals surface area contributed by atoms with Crippen molar-refractivity contribution in [2.24, 2.45) is 0 Å². The van der Waals surface area contributed by atoms with Gasteiger partial charge in [-0.2, -0.15) is 0 Å². The third kappa shape index (κ3) is 3.54. The number of hydrogen-bond acceptors (Lipinski definition) is 6. The molecule has 0 spiro atoms. The van der Waals surface area contributed by atoms with Crippen LogP contribution in [0.25, 0.3) is 5.65 Å². The lowest BCUT2D eigenvalue weighted by Crippen LogP contribution is -2.56. The molecule has 1 aromatic carbocycles. The first-order valence-corrected chi connectivity index (χ1v) is 10.4. The number of benzene rings is 1. The fourth-order valence-electron chi connectivity index (χ4n) is 3.72. The molecule has 4 heterocycles. The Balaban J connectivity index is 0.000000932. The second kappa shape index (κ2) is 7.97. The van der Waals surface area contributed by atoms with E-state index in [4.69, 9.17) is 4.74 Å². The van der Waals surface area contributed by atoms with Gasteiger partial charge in [0.2, 0.25) is 0 Å². The Kier molecular flexibility index (Phi) is 5.41. The molecule has 5 rings (SSSR count). The lowest BCUT2D eigenvalue weighted by Gasteiger charge is -2.44. The molecule has 0 amide bonds. The highest BCUT2D eigenvalue weighted by Gasteiger charge is 2.31. The van der Waals surface area contributed by atoms with Gasteiger partial charge < -0.3 is 24.3 Å². The van der Waals surface area contributed by atoms with Crippen LogP contribution in [0.2, 0.25) is 0 Å². The van der Waals surface area contributed by atoms with Crippen LogP contribution in [0.4, 0.5) is 17.2 Å².